The number of nitrogens with one attached hydrogen (secondary N) is 1. The van der Waals surface area contributed by atoms with E-state index in [1.54, 1.807) is 0 Å². The molecule has 1 aromatic rings. The van der Waals surface area contributed by atoms with Crippen LogP contribution in [0.25, 0.3) is 0 Å². The Bertz CT molecular complexity index is 477. The van der Waals surface area contributed by atoms with Crippen LogP contribution in [0.4, 0.5) is 18.9 Å². The molecule has 1 aliphatic rings. The molecule has 1 heterocycles. The third kappa shape index (κ3) is 4.13. The molecule has 5 heteroatoms. The first-order chi connectivity index (χ1) is 10.0. The molecule has 1 saturated heterocycles. The predicted octanol–water partition coefficient (Wildman–Crippen LogP) is 4.03. The summed E-state index contributed by atoms with van der Waals surface area (Å²) in [7, 11) is 0. The van der Waals surface area contributed by atoms with Gasteiger partial charge in [-0.3, -0.25) is 0 Å². The van der Waals surface area contributed by atoms with Crippen LogP contribution in [0, 0.1) is 23.4 Å². The van der Waals surface area contributed by atoms with E-state index in [1.165, 1.54) is 0 Å². The van der Waals surface area contributed by atoms with E-state index < -0.39 is 17.5 Å². The zero-order valence-electron chi connectivity index (χ0n) is 12.6. The lowest BCUT2D eigenvalue weighted by atomic mass is 9.91. The molecule has 0 saturated carbocycles. The Morgan fingerprint density at radius 3 is 2.67 bits per heavy atom. The number of likely N-dealkylation sites (tertiary alicyclic amines) is 1. The monoisotopic (exact) mass is 300 g/mol. The smallest absolute Gasteiger partial charge is 0.161 e. The first-order valence-electron chi connectivity index (χ1n) is 7.64. The third-order valence-corrected chi connectivity index (χ3v) is 4.18. The molecule has 0 aliphatic carbocycles. The summed E-state index contributed by atoms with van der Waals surface area (Å²) in [6, 6.07) is 1.51. The van der Waals surface area contributed by atoms with E-state index in [0.29, 0.717) is 12.0 Å². The molecular formula is C16H23F3N2. The lowest BCUT2D eigenvalue weighted by Crippen LogP contribution is -2.42. The Morgan fingerprint density at radius 1 is 1.24 bits per heavy atom. The molecule has 2 nitrogen and oxygen atoms in total. The first-order valence-corrected chi connectivity index (χ1v) is 7.64. The Labute approximate surface area is 124 Å². The van der Waals surface area contributed by atoms with Gasteiger partial charge in [0.15, 0.2) is 11.6 Å². The van der Waals surface area contributed by atoms with Crippen LogP contribution in [0.15, 0.2) is 12.1 Å². The molecule has 2 rings (SSSR count). The summed E-state index contributed by atoms with van der Waals surface area (Å²) < 4.78 is 39.8. The molecule has 21 heavy (non-hydrogen) atoms. The van der Waals surface area contributed by atoms with Gasteiger partial charge in [0.25, 0.3) is 0 Å². The highest BCUT2D eigenvalue weighted by Crippen LogP contribution is 2.25. The number of hydrogen-bond donors (Lipinski definition) is 1. The Kier molecular flexibility index (Phi) is 5.51. The van der Waals surface area contributed by atoms with E-state index in [1.807, 2.05) is 6.92 Å². The quantitative estimate of drug-likeness (QED) is 0.826. The van der Waals surface area contributed by atoms with E-state index in [-0.39, 0.29) is 11.7 Å². The fourth-order valence-electron chi connectivity index (χ4n) is 3.02. The van der Waals surface area contributed by atoms with Gasteiger partial charge in [-0.05, 0) is 45.2 Å². The summed E-state index contributed by atoms with van der Waals surface area (Å²) in [6.45, 7) is 7.27. The SMILES string of the molecule is CCCN1CCCC(C(C)Nc2cc(F)c(F)cc2F)C1. The normalized spacial score (nSPS) is 21.3. The number of anilines is 1. The number of nitrogens with zero attached hydrogens (tertiary/aromatic N) is 1. The van der Waals surface area contributed by atoms with Gasteiger partial charge >= 0.3 is 0 Å². The van der Waals surface area contributed by atoms with Crippen LogP contribution >= 0.6 is 0 Å². The molecule has 1 aliphatic heterocycles. The van der Waals surface area contributed by atoms with Gasteiger partial charge in [-0.1, -0.05) is 6.92 Å². The van der Waals surface area contributed by atoms with Crippen molar-refractivity contribution in [2.45, 2.75) is 39.2 Å². The maximum atomic E-state index is 13.7. The van der Waals surface area contributed by atoms with E-state index in [2.05, 4.69) is 17.1 Å². The highest BCUT2D eigenvalue weighted by atomic mass is 19.2. The van der Waals surface area contributed by atoms with Crippen LogP contribution in [-0.4, -0.2) is 30.6 Å². The molecule has 0 aromatic heterocycles. The van der Waals surface area contributed by atoms with Gasteiger partial charge in [0.05, 0.1) is 5.69 Å². The first kappa shape index (κ1) is 16.1. The van der Waals surface area contributed by atoms with Crippen LogP contribution in [0.3, 0.4) is 0 Å². The molecule has 2 unspecified atom stereocenters. The largest absolute Gasteiger partial charge is 0.380 e. The van der Waals surface area contributed by atoms with Crippen molar-refractivity contribution in [3.05, 3.63) is 29.6 Å². The van der Waals surface area contributed by atoms with Crippen molar-refractivity contribution in [2.75, 3.05) is 25.0 Å². The van der Waals surface area contributed by atoms with Crippen LogP contribution in [0.2, 0.25) is 0 Å². The molecule has 0 amide bonds. The van der Waals surface area contributed by atoms with Gasteiger partial charge in [-0.2, -0.15) is 0 Å². The molecular weight excluding hydrogens is 277 g/mol. The molecule has 2 atom stereocenters. The summed E-state index contributed by atoms with van der Waals surface area (Å²) in [5.41, 5.74) is 0.0361. The lowest BCUT2D eigenvalue weighted by molar-refractivity contribution is 0.165. The predicted molar refractivity (Wildman–Crippen MR) is 78.9 cm³/mol. The highest BCUT2D eigenvalue weighted by Gasteiger charge is 2.25. The number of hydrogen-bond acceptors (Lipinski definition) is 2. The van der Waals surface area contributed by atoms with Crippen molar-refractivity contribution in [2.24, 2.45) is 5.92 Å². The summed E-state index contributed by atoms with van der Waals surface area (Å²) in [6.07, 6.45) is 3.31. The molecule has 1 aromatic carbocycles. The average Bonchev–Trinajstić information content (AvgIpc) is 2.45. The minimum absolute atomic E-state index is 0.0176. The Hall–Kier alpha value is -1.23. The summed E-state index contributed by atoms with van der Waals surface area (Å²) in [4.78, 5) is 2.41. The van der Waals surface area contributed by atoms with Gasteiger partial charge in [-0.15, -0.1) is 0 Å². The highest BCUT2D eigenvalue weighted by molar-refractivity contribution is 5.46. The van der Waals surface area contributed by atoms with Gasteiger partial charge in [0.1, 0.15) is 5.82 Å². The average molecular weight is 300 g/mol. The topological polar surface area (TPSA) is 15.3 Å². The van der Waals surface area contributed by atoms with Crippen LogP contribution in [-0.2, 0) is 0 Å². The second-order valence-corrected chi connectivity index (χ2v) is 5.88. The summed E-state index contributed by atoms with van der Waals surface area (Å²) in [5, 5.41) is 3.00. The van der Waals surface area contributed by atoms with Crippen molar-refractivity contribution in [1.82, 2.24) is 4.90 Å². The zero-order chi connectivity index (χ0) is 15.4. The second kappa shape index (κ2) is 7.16. The van der Waals surface area contributed by atoms with E-state index in [9.17, 15) is 13.2 Å². The summed E-state index contributed by atoms with van der Waals surface area (Å²) in [5.74, 6) is -2.54. The molecule has 1 N–H and O–H groups in total. The number of rotatable bonds is 5. The van der Waals surface area contributed by atoms with Crippen LogP contribution in [0.1, 0.15) is 33.1 Å². The molecule has 0 spiro atoms. The van der Waals surface area contributed by atoms with E-state index >= 15 is 0 Å². The zero-order valence-corrected chi connectivity index (χ0v) is 12.6. The van der Waals surface area contributed by atoms with Crippen molar-refractivity contribution < 1.29 is 13.2 Å². The fraction of sp³-hybridized carbons (Fsp3) is 0.625. The molecule has 1 fully saturated rings. The number of benzene rings is 1. The maximum Gasteiger partial charge on any atom is 0.161 e. The van der Waals surface area contributed by atoms with Crippen molar-refractivity contribution >= 4 is 5.69 Å². The molecule has 0 bridgehead atoms. The van der Waals surface area contributed by atoms with Gasteiger partial charge in [0.2, 0.25) is 0 Å². The Morgan fingerprint density at radius 2 is 1.95 bits per heavy atom. The number of piperidine rings is 1. The van der Waals surface area contributed by atoms with E-state index in [0.717, 1.165) is 45.0 Å². The van der Waals surface area contributed by atoms with Crippen LogP contribution < -0.4 is 5.32 Å². The van der Waals surface area contributed by atoms with E-state index in [4.69, 9.17) is 0 Å². The molecule has 118 valence electrons. The third-order valence-electron chi connectivity index (χ3n) is 4.18. The standard InChI is InChI=1S/C16H23F3N2/c1-3-6-21-7-4-5-12(10-21)11(2)20-16-9-14(18)13(17)8-15(16)19/h8-9,11-12,20H,3-7,10H2,1-2H3. The van der Waals surface area contributed by atoms with Crippen molar-refractivity contribution in [1.29, 1.82) is 0 Å². The Balaban J connectivity index is 2.00. The maximum absolute atomic E-state index is 13.7. The number of halogens is 3. The van der Waals surface area contributed by atoms with Crippen molar-refractivity contribution in [3.8, 4) is 0 Å². The van der Waals surface area contributed by atoms with Gasteiger partial charge in [-0.25, -0.2) is 13.2 Å². The second-order valence-electron chi connectivity index (χ2n) is 5.88. The van der Waals surface area contributed by atoms with Gasteiger partial charge < -0.3 is 10.2 Å². The summed E-state index contributed by atoms with van der Waals surface area (Å²) >= 11 is 0. The fourth-order valence-corrected chi connectivity index (χ4v) is 3.02. The van der Waals surface area contributed by atoms with Crippen molar-refractivity contribution in [3.63, 3.8) is 0 Å². The molecule has 0 radical (unpaired) electrons. The minimum atomic E-state index is -1.16. The minimum Gasteiger partial charge on any atom is -0.380 e. The lowest BCUT2D eigenvalue weighted by Gasteiger charge is -2.36. The van der Waals surface area contributed by atoms with Crippen LogP contribution in [0.5, 0.6) is 0 Å². The van der Waals surface area contributed by atoms with Gasteiger partial charge in [0, 0.05) is 24.7 Å².